The van der Waals surface area contributed by atoms with Crippen LogP contribution in [0.15, 0.2) is 48.7 Å². The highest BCUT2D eigenvalue weighted by atomic mass is 32.2. The number of aromatic amines is 1. The van der Waals surface area contributed by atoms with Crippen LogP contribution in [0.3, 0.4) is 0 Å². The average Bonchev–Trinajstić information content (AvgIpc) is 3.29. The molecule has 0 aliphatic heterocycles. The number of nitrogens with zero attached hydrogens (tertiary/aromatic N) is 2. The minimum absolute atomic E-state index is 0.215. The Balaban J connectivity index is 1.24. The van der Waals surface area contributed by atoms with Gasteiger partial charge in [-0.25, -0.2) is 22.5 Å². The van der Waals surface area contributed by atoms with Gasteiger partial charge in [-0.1, -0.05) is 6.92 Å². The van der Waals surface area contributed by atoms with Crippen LogP contribution < -0.4 is 10.0 Å². The Bertz CT molecular complexity index is 1400. The second kappa shape index (κ2) is 10.3. The Labute approximate surface area is 205 Å². The van der Waals surface area contributed by atoms with Crippen LogP contribution in [-0.2, 0) is 10.9 Å². The zero-order valence-electron chi connectivity index (χ0n) is 19.6. The van der Waals surface area contributed by atoms with Gasteiger partial charge in [0, 0.05) is 36.3 Å². The van der Waals surface area contributed by atoms with Gasteiger partial charge in [0.25, 0.3) is 0 Å². The zero-order valence-corrected chi connectivity index (χ0v) is 20.5. The lowest BCUT2D eigenvalue weighted by Gasteiger charge is -2.32. The lowest BCUT2D eigenvalue weighted by Crippen LogP contribution is -2.20. The molecule has 4 aromatic rings. The second-order valence-corrected chi connectivity index (χ2v) is 10.2. The van der Waals surface area contributed by atoms with Crippen molar-refractivity contribution in [3.63, 3.8) is 0 Å². The molecule has 1 fully saturated rings. The van der Waals surface area contributed by atoms with E-state index in [1.807, 2.05) is 24.4 Å². The fourth-order valence-electron chi connectivity index (χ4n) is 5.36. The number of pyridine rings is 1. The SMILES string of the molecule is CC(c1nc2ccc(NCCN[SH](=O)=O)cc2[nH]1)C1CCC(c2ccnc3ccc(F)cc23)CC1. The third kappa shape index (κ3) is 5.31. The second-order valence-electron chi connectivity index (χ2n) is 9.41. The summed E-state index contributed by atoms with van der Waals surface area (Å²) in [6, 6.07) is 12.9. The first kappa shape index (κ1) is 23.7. The van der Waals surface area contributed by atoms with Crippen LogP contribution in [0.4, 0.5) is 10.1 Å². The van der Waals surface area contributed by atoms with E-state index in [-0.39, 0.29) is 5.82 Å². The molecular formula is C26H30FN5O2S. The smallest absolute Gasteiger partial charge is 0.201 e. The predicted octanol–water partition coefficient (Wildman–Crippen LogP) is 4.86. The summed E-state index contributed by atoms with van der Waals surface area (Å²) in [5, 5.41) is 4.16. The number of fused-ring (bicyclic) bond motifs is 2. The van der Waals surface area contributed by atoms with Crippen molar-refractivity contribution in [3.8, 4) is 0 Å². The van der Waals surface area contributed by atoms with Crippen molar-refractivity contribution in [2.24, 2.45) is 5.92 Å². The molecule has 1 saturated carbocycles. The van der Waals surface area contributed by atoms with E-state index in [9.17, 15) is 12.8 Å². The molecule has 2 aromatic heterocycles. The molecule has 0 amide bonds. The van der Waals surface area contributed by atoms with Gasteiger partial charge in [-0.15, -0.1) is 0 Å². The van der Waals surface area contributed by atoms with E-state index in [1.165, 1.54) is 11.6 Å². The van der Waals surface area contributed by atoms with Gasteiger partial charge in [0.1, 0.15) is 11.6 Å². The van der Waals surface area contributed by atoms with Gasteiger partial charge in [-0.05, 0) is 85.5 Å². The Morgan fingerprint density at radius 3 is 2.66 bits per heavy atom. The monoisotopic (exact) mass is 495 g/mol. The molecule has 2 heterocycles. The molecule has 0 saturated heterocycles. The molecule has 1 aliphatic carbocycles. The molecule has 0 radical (unpaired) electrons. The van der Waals surface area contributed by atoms with Gasteiger partial charge < -0.3 is 10.3 Å². The number of benzene rings is 2. The van der Waals surface area contributed by atoms with Crippen molar-refractivity contribution < 1.29 is 12.8 Å². The normalized spacial score (nSPS) is 19.4. The van der Waals surface area contributed by atoms with E-state index >= 15 is 0 Å². The lowest BCUT2D eigenvalue weighted by molar-refractivity contribution is 0.286. The highest BCUT2D eigenvalue weighted by Gasteiger charge is 2.29. The minimum Gasteiger partial charge on any atom is -0.384 e. The van der Waals surface area contributed by atoms with Gasteiger partial charge in [-0.3, -0.25) is 4.98 Å². The largest absolute Gasteiger partial charge is 0.384 e. The number of thiol groups is 1. The summed E-state index contributed by atoms with van der Waals surface area (Å²) in [5.41, 5.74) is 4.88. The van der Waals surface area contributed by atoms with Crippen LogP contribution in [0.25, 0.3) is 21.9 Å². The van der Waals surface area contributed by atoms with Crippen LogP contribution in [0, 0.1) is 11.7 Å². The number of imidazole rings is 1. The van der Waals surface area contributed by atoms with Gasteiger partial charge in [0.2, 0.25) is 10.9 Å². The van der Waals surface area contributed by atoms with Crippen LogP contribution in [-0.4, -0.2) is 36.5 Å². The Morgan fingerprint density at radius 1 is 1.06 bits per heavy atom. The highest BCUT2D eigenvalue weighted by molar-refractivity contribution is 7.70. The van der Waals surface area contributed by atoms with Crippen molar-refractivity contribution in [2.75, 3.05) is 18.4 Å². The first-order chi connectivity index (χ1) is 17.0. The maximum atomic E-state index is 13.9. The number of hydrogen-bond donors (Lipinski definition) is 4. The molecule has 7 nitrogen and oxygen atoms in total. The van der Waals surface area contributed by atoms with Gasteiger partial charge in [0.05, 0.1) is 16.6 Å². The zero-order chi connectivity index (χ0) is 24.4. The highest BCUT2D eigenvalue weighted by Crippen LogP contribution is 2.43. The summed E-state index contributed by atoms with van der Waals surface area (Å²) in [5.74, 6) is 2.05. The number of halogens is 1. The van der Waals surface area contributed by atoms with Crippen LogP contribution >= 0.6 is 0 Å². The molecule has 0 spiro atoms. The molecule has 9 heteroatoms. The lowest BCUT2D eigenvalue weighted by atomic mass is 9.73. The fraction of sp³-hybridized carbons (Fsp3) is 0.385. The van der Waals surface area contributed by atoms with E-state index in [2.05, 4.69) is 33.0 Å². The summed E-state index contributed by atoms with van der Waals surface area (Å²) in [6.45, 7) is 3.10. The maximum absolute atomic E-state index is 13.9. The molecule has 2 aromatic carbocycles. The van der Waals surface area contributed by atoms with Crippen molar-refractivity contribution >= 4 is 38.5 Å². The number of rotatable bonds is 8. The Morgan fingerprint density at radius 2 is 1.86 bits per heavy atom. The quantitative estimate of drug-likeness (QED) is 0.207. The predicted molar refractivity (Wildman–Crippen MR) is 138 cm³/mol. The number of anilines is 1. The fourth-order valence-corrected chi connectivity index (χ4v) is 5.65. The molecule has 1 atom stereocenters. The standard InChI is InChI=1S/C26H30FN5O2S/c1-16(26-31-24-9-7-20(15-25(24)32-26)28-12-13-30-35(33)34)17-2-4-18(5-3-17)21-10-11-29-23-8-6-19(27)14-22(21)23/h6-11,14-18,28,35H,2-5,12-13H2,1H3,(H,31,32)(H,30,33,34). The molecule has 1 unspecified atom stereocenters. The summed E-state index contributed by atoms with van der Waals surface area (Å²) in [7, 11) is -2.57. The first-order valence-electron chi connectivity index (χ1n) is 12.1. The molecule has 184 valence electrons. The Hall–Kier alpha value is -3.04. The molecule has 0 bridgehead atoms. The number of hydrogen-bond acceptors (Lipinski definition) is 5. The van der Waals surface area contributed by atoms with Crippen molar-refractivity contribution in [2.45, 2.75) is 44.4 Å². The van der Waals surface area contributed by atoms with Gasteiger partial charge in [0.15, 0.2) is 0 Å². The molecule has 3 N–H and O–H groups in total. The Kier molecular flexibility index (Phi) is 6.97. The van der Waals surface area contributed by atoms with E-state index in [1.54, 1.807) is 12.1 Å². The van der Waals surface area contributed by atoms with Crippen molar-refractivity contribution in [3.05, 3.63) is 65.9 Å². The first-order valence-corrected chi connectivity index (χ1v) is 13.3. The summed E-state index contributed by atoms with van der Waals surface area (Å²) < 4.78 is 37.5. The third-order valence-corrected chi connectivity index (χ3v) is 7.76. The number of nitrogens with one attached hydrogen (secondary N) is 3. The summed E-state index contributed by atoms with van der Waals surface area (Å²) in [6.07, 6.45) is 6.18. The molecule has 5 rings (SSSR count). The van der Waals surface area contributed by atoms with Crippen molar-refractivity contribution in [1.29, 1.82) is 0 Å². The number of aromatic nitrogens is 3. The van der Waals surface area contributed by atoms with E-state index < -0.39 is 10.9 Å². The van der Waals surface area contributed by atoms with Gasteiger partial charge >= 0.3 is 0 Å². The average molecular weight is 496 g/mol. The van der Waals surface area contributed by atoms with E-state index in [4.69, 9.17) is 4.98 Å². The van der Waals surface area contributed by atoms with Crippen LogP contribution in [0.5, 0.6) is 0 Å². The van der Waals surface area contributed by atoms with E-state index in [0.717, 1.165) is 59.1 Å². The molecule has 35 heavy (non-hydrogen) atoms. The van der Waals surface area contributed by atoms with Crippen LogP contribution in [0.1, 0.15) is 55.8 Å². The van der Waals surface area contributed by atoms with Crippen molar-refractivity contribution in [1.82, 2.24) is 19.7 Å². The minimum atomic E-state index is -2.57. The topological polar surface area (TPSA) is 99.8 Å². The summed E-state index contributed by atoms with van der Waals surface area (Å²) >= 11 is 0. The van der Waals surface area contributed by atoms with Crippen LogP contribution in [0.2, 0.25) is 0 Å². The van der Waals surface area contributed by atoms with E-state index in [0.29, 0.717) is 30.8 Å². The maximum Gasteiger partial charge on any atom is 0.201 e. The third-order valence-electron chi connectivity index (χ3n) is 7.28. The summed E-state index contributed by atoms with van der Waals surface area (Å²) in [4.78, 5) is 12.8. The molecular weight excluding hydrogens is 465 g/mol. The molecule has 1 aliphatic rings. The van der Waals surface area contributed by atoms with Gasteiger partial charge in [-0.2, -0.15) is 0 Å². The number of H-pyrrole nitrogens is 1.